The SMILES string of the molecule is CCc1ccc(OCCCCl)c(C(C)(C)C)c1. The third-order valence-corrected chi connectivity index (χ3v) is 3.06. The first-order chi connectivity index (χ1) is 7.99. The van der Waals surface area contributed by atoms with Gasteiger partial charge in [-0.15, -0.1) is 11.6 Å². The summed E-state index contributed by atoms with van der Waals surface area (Å²) in [4.78, 5) is 0. The summed E-state index contributed by atoms with van der Waals surface area (Å²) in [6, 6.07) is 6.49. The van der Waals surface area contributed by atoms with E-state index in [1.54, 1.807) is 0 Å². The van der Waals surface area contributed by atoms with Gasteiger partial charge >= 0.3 is 0 Å². The zero-order chi connectivity index (χ0) is 12.9. The normalized spacial score (nSPS) is 11.6. The van der Waals surface area contributed by atoms with Crippen molar-refractivity contribution in [3.63, 3.8) is 0 Å². The van der Waals surface area contributed by atoms with E-state index in [2.05, 4.69) is 45.9 Å². The van der Waals surface area contributed by atoms with Crippen LogP contribution in [0.2, 0.25) is 0 Å². The summed E-state index contributed by atoms with van der Waals surface area (Å²) in [7, 11) is 0. The molecule has 1 rings (SSSR count). The number of benzene rings is 1. The third-order valence-electron chi connectivity index (χ3n) is 2.80. The van der Waals surface area contributed by atoms with E-state index in [0.717, 1.165) is 18.6 Å². The van der Waals surface area contributed by atoms with Gasteiger partial charge in [0.25, 0.3) is 0 Å². The summed E-state index contributed by atoms with van der Waals surface area (Å²) >= 11 is 5.67. The average Bonchev–Trinajstić information content (AvgIpc) is 2.28. The van der Waals surface area contributed by atoms with Crippen LogP contribution in [0, 0.1) is 0 Å². The molecule has 0 amide bonds. The monoisotopic (exact) mass is 254 g/mol. The number of aryl methyl sites for hydroxylation is 1. The van der Waals surface area contributed by atoms with Crippen molar-refractivity contribution in [2.75, 3.05) is 12.5 Å². The largest absolute Gasteiger partial charge is 0.493 e. The standard InChI is InChI=1S/C15H23ClO/c1-5-12-7-8-14(17-10-6-9-16)13(11-12)15(2,3)4/h7-8,11H,5-6,9-10H2,1-4H3. The first-order valence-electron chi connectivity index (χ1n) is 6.31. The summed E-state index contributed by atoms with van der Waals surface area (Å²) in [6.45, 7) is 9.52. The van der Waals surface area contributed by atoms with Gasteiger partial charge in [-0.3, -0.25) is 0 Å². The molecule has 1 nitrogen and oxygen atoms in total. The quantitative estimate of drug-likeness (QED) is 0.553. The van der Waals surface area contributed by atoms with Crippen LogP contribution >= 0.6 is 11.6 Å². The van der Waals surface area contributed by atoms with Gasteiger partial charge in [-0.05, 0) is 35.4 Å². The molecule has 0 atom stereocenters. The lowest BCUT2D eigenvalue weighted by molar-refractivity contribution is 0.309. The predicted octanol–water partition coefficient (Wildman–Crippen LogP) is 4.55. The molecule has 0 fully saturated rings. The lowest BCUT2D eigenvalue weighted by atomic mass is 9.85. The first-order valence-corrected chi connectivity index (χ1v) is 6.84. The zero-order valence-electron chi connectivity index (χ0n) is 11.3. The summed E-state index contributed by atoms with van der Waals surface area (Å²) in [5.41, 5.74) is 2.76. The molecular weight excluding hydrogens is 232 g/mol. The maximum atomic E-state index is 5.82. The Morgan fingerprint density at radius 3 is 2.47 bits per heavy atom. The maximum Gasteiger partial charge on any atom is 0.123 e. The van der Waals surface area contributed by atoms with Crippen LogP contribution in [-0.2, 0) is 11.8 Å². The van der Waals surface area contributed by atoms with Crippen LogP contribution in [0.25, 0.3) is 0 Å². The van der Waals surface area contributed by atoms with Gasteiger partial charge in [-0.2, -0.15) is 0 Å². The Balaban J connectivity index is 2.95. The fourth-order valence-electron chi connectivity index (χ4n) is 1.75. The van der Waals surface area contributed by atoms with Gasteiger partial charge in [0.15, 0.2) is 0 Å². The molecular formula is C15H23ClO. The molecule has 0 bridgehead atoms. The van der Waals surface area contributed by atoms with Crippen LogP contribution in [0.4, 0.5) is 0 Å². The second-order valence-electron chi connectivity index (χ2n) is 5.33. The van der Waals surface area contributed by atoms with E-state index in [0.29, 0.717) is 12.5 Å². The Morgan fingerprint density at radius 2 is 1.94 bits per heavy atom. The molecule has 96 valence electrons. The van der Waals surface area contributed by atoms with E-state index in [1.807, 2.05) is 0 Å². The smallest absolute Gasteiger partial charge is 0.123 e. The van der Waals surface area contributed by atoms with Crippen LogP contribution in [0.1, 0.15) is 45.2 Å². The highest BCUT2D eigenvalue weighted by Crippen LogP contribution is 2.32. The second-order valence-corrected chi connectivity index (χ2v) is 5.70. The van der Waals surface area contributed by atoms with Crippen molar-refractivity contribution in [3.05, 3.63) is 29.3 Å². The summed E-state index contributed by atoms with van der Waals surface area (Å²) in [5.74, 6) is 1.65. The van der Waals surface area contributed by atoms with E-state index < -0.39 is 0 Å². The fourth-order valence-corrected chi connectivity index (χ4v) is 1.85. The highest BCUT2D eigenvalue weighted by atomic mass is 35.5. The molecule has 0 aromatic heterocycles. The van der Waals surface area contributed by atoms with Gasteiger partial charge in [0.1, 0.15) is 5.75 Å². The summed E-state index contributed by atoms with van der Waals surface area (Å²) < 4.78 is 5.82. The van der Waals surface area contributed by atoms with E-state index in [-0.39, 0.29) is 5.41 Å². The van der Waals surface area contributed by atoms with Crippen LogP contribution in [0.15, 0.2) is 18.2 Å². The lowest BCUT2D eigenvalue weighted by Gasteiger charge is -2.23. The molecule has 0 heterocycles. The Bertz CT molecular complexity index is 352. The minimum Gasteiger partial charge on any atom is -0.493 e. The Morgan fingerprint density at radius 1 is 1.24 bits per heavy atom. The Labute approximate surface area is 110 Å². The fraction of sp³-hybridized carbons (Fsp3) is 0.600. The van der Waals surface area contributed by atoms with E-state index in [4.69, 9.17) is 16.3 Å². The molecule has 0 aliphatic rings. The van der Waals surface area contributed by atoms with E-state index >= 15 is 0 Å². The van der Waals surface area contributed by atoms with Crippen molar-refractivity contribution in [1.29, 1.82) is 0 Å². The van der Waals surface area contributed by atoms with E-state index in [9.17, 15) is 0 Å². The van der Waals surface area contributed by atoms with Gasteiger partial charge in [-0.25, -0.2) is 0 Å². The van der Waals surface area contributed by atoms with Crippen LogP contribution < -0.4 is 4.74 Å². The van der Waals surface area contributed by atoms with Crippen molar-refractivity contribution < 1.29 is 4.74 Å². The minimum atomic E-state index is 0.113. The maximum absolute atomic E-state index is 5.82. The number of halogens is 1. The van der Waals surface area contributed by atoms with E-state index in [1.165, 1.54) is 11.1 Å². The van der Waals surface area contributed by atoms with Crippen molar-refractivity contribution in [3.8, 4) is 5.75 Å². The topological polar surface area (TPSA) is 9.23 Å². The van der Waals surface area contributed by atoms with Crippen LogP contribution in [0.5, 0.6) is 5.75 Å². The third kappa shape index (κ3) is 4.23. The van der Waals surface area contributed by atoms with Crippen molar-refractivity contribution in [2.24, 2.45) is 0 Å². The van der Waals surface area contributed by atoms with Gasteiger partial charge in [-0.1, -0.05) is 39.8 Å². The van der Waals surface area contributed by atoms with Gasteiger partial charge in [0, 0.05) is 5.88 Å². The number of rotatable bonds is 5. The molecule has 0 aliphatic heterocycles. The molecule has 0 radical (unpaired) electrons. The molecule has 0 saturated heterocycles. The Kier molecular flexibility index (Phi) is 5.32. The first kappa shape index (κ1) is 14.4. The van der Waals surface area contributed by atoms with Crippen LogP contribution in [0.3, 0.4) is 0 Å². The summed E-state index contributed by atoms with van der Waals surface area (Å²) in [5, 5.41) is 0. The van der Waals surface area contributed by atoms with Gasteiger partial charge in [0.05, 0.1) is 6.61 Å². The molecule has 0 N–H and O–H groups in total. The molecule has 17 heavy (non-hydrogen) atoms. The summed E-state index contributed by atoms with van der Waals surface area (Å²) in [6.07, 6.45) is 1.95. The van der Waals surface area contributed by atoms with Crippen LogP contribution in [-0.4, -0.2) is 12.5 Å². The molecule has 0 aliphatic carbocycles. The van der Waals surface area contributed by atoms with Gasteiger partial charge in [0.2, 0.25) is 0 Å². The second kappa shape index (κ2) is 6.30. The highest BCUT2D eigenvalue weighted by Gasteiger charge is 2.19. The molecule has 0 unspecified atom stereocenters. The molecule has 2 heteroatoms. The molecule has 1 aromatic rings. The number of ether oxygens (including phenoxy) is 1. The molecule has 0 spiro atoms. The predicted molar refractivity (Wildman–Crippen MR) is 75.4 cm³/mol. The molecule has 0 saturated carbocycles. The minimum absolute atomic E-state index is 0.113. The van der Waals surface area contributed by atoms with Crippen molar-refractivity contribution in [2.45, 2.75) is 46.0 Å². The van der Waals surface area contributed by atoms with Crippen molar-refractivity contribution in [1.82, 2.24) is 0 Å². The highest BCUT2D eigenvalue weighted by molar-refractivity contribution is 6.17. The Hall–Kier alpha value is -0.690. The van der Waals surface area contributed by atoms with Crippen molar-refractivity contribution >= 4 is 11.6 Å². The zero-order valence-corrected chi connectivity index (χ0v) is 12.1. The number of alkyl halides is 1. The molecule has 1 aromatic carbocycles. The average molecular weight is 255 g/mol. The number of hydrogen-bond donors (Lipinski definition) is 0. The van der Waals surface area contributed by atoms with Gasteiger partial charge < -0.3 is 4.74 Å². The lowest BCUT2D eigenvalue weighted by Crippen LogP contribution is -2.14. The number of hydrogen-bond acceptors (Lipinski definition) is 1.